The fraction of sp³-hybridized carbons (Fsp3) is 0.458. The Hall–Kier alpha value is -2.58. The summed E-state index contributed by atoms with van der Waals surface area (Å²) in [5, 5.41) is 10.3. The van der Waals surface area contributed by atoms with Gasteiger partial charge in [-0.2, -0.15) is 0 Å². The van der Waals surface area contributed by atoms with E-state index in [-0.39, 0.29) is 23.4 Å². The van der Waals surface area contributed by atoms with Crippen molar-refractivity contribution in [1.82, 2.24) is 4.90 Å². The molecule has 2 aromatic carbocycles. The standard InChI is InChI=1S/C24H32N2O5S/c1-4-31-20-13-15-21(16-14-20)32(29,30)26(19-11-9-18(2)10-12-19)17-24(28)25(3)22-7-5-6-8-23(22)27/h9-16,22-23,27H,4-8,17H2,1-3H3. The van der Waals surface area contributed by atoms with E-state index in [4.69, 9.17) is 4.74 Å². The monoisotopic (exact) mass is 460 g/mol. The molecular formula is C24H32N2O5S. The number of rotatable bonds is 8. The van der Waals surface area contributed by atoms with Gasteiger partial charge in [0.1, 0.15) is 12.3 Å². The topological polar surface area (TPSA) is 87.2 Å². The molecule has 0 radical (unpaired) electrons. The first kappa shape index (κ1) is 24.1. The van der Waals surface area contributed by atoms with E-state index in [0.717, 1.165) is 22.7 Å². The Bertz CT molecular complexity index is 1010. The minimum Gasteiger partial charge on any atom is -0.494 e. The summed E-state index contributed by atoms with van der Waals surface area (Å²) in [6.07, 6.45) is 2.63. The molecule has 0 aromatic heterocycles. The number of ether oxygens (including phenoxy) is 1. The van der Waals surface area contributed by atoms with Crippen LogP contribution in [0, 0.1) is 6.92 Å². The van der Waals surface area contributed by atoms with Crippen molar-refractivity contribution in [3.63, 3.8) is 0 Å². The summed E-state index contributed by atoms with van der Waals surface area (Å²) in [7, 11) is -2.37. The molecule has 1 aliphatic carbocycles. The van der Waals surface area contributed by atoms with Crippen LogP contribution in [0.4, 0.5) is 5.69 Å². The Morgan fingerprint density at radius 3 is 2.28 bits per heavy atom. The number of benzene rings is 2. The first-order valence-electron chi connectivity index (χ1n) is 11.0. The minimum atomic E-state index is -4.00. The molecule has 0 spiro atoms. The molecule has 1 aliphatic rings. The lowest BCUT2D eigenvalue weighted by Gasteiger charge is -2.36. The maximum absolute atomic E-state index is 13.6. The smallest absolute Gasteiger partial charge is 0.264 e. The van der Waals surface area contributed by atoms with Crippen molar-refractivity contribution in [3.05, 3.63) is 54.1 Å². The zero-order valence-electron chi connectivity index (χ0n) is 18.9. The molecule has 2 unspecified atom stereocenters. The zero-order valence-corrected chi connectivity index (χ0v) is 19.7. The van der Waals surface area contributed by atoms with Crippen molar-refractivity contribution in [2.45, 2.75) is 56.6 Å². The van der Waals surface area contributed by atoms with E-state index < -0.39 is 16.1 Å². The number of likely N-dealkylation sites (N-methyl/N-ethyl adjacent to an activating group) is 1. The molecule has 0 heterocycles. The average Bonchev–Trinajstić information content (AvgIpc) is 2.78. The van der Waals surface area contributed by atoms with Crippen molar-refractivity contribution in [2.24, 2.45) is 0 Å². The van der Waals surface area contributed by atoms with Crippen molar-refractivity contribution in [3.8, 4) is 5.75 Å². The number of amides is 1. The Morgan fingerprint density at radius 2 is 1.69 bits per heavy atom. The molecule has 3 rings (SSSR count). The van der Waals surface area contributed by atoms with Gasteiger partial charge in [0.05, 0.1) is 29.3 Å². The molecule has 7 nitrogen and oxygen atoms in total. The predicted octanol–water partition coefficient (Wildman–Crippen LogP) is 3.35. The van der Waals surface area contributed by atoms with E-state index in [1.165, 1.54) is 17.0 Å². The van der Waals surface area contributed by atoms with Crippen LogP contribution >= 0.6 is 0 Å². The number of aryl methyl sites for hydroxylation is 1. The summed E-state index contributed by atoms with van der Waals surface area (Å²) in [6.45, 7) is 3.90. The van der Waals surface area contributed by atoms with Crippen LogP contribution in [-0.2, 0) is 14.8 Å². The summed E-state index contributed by atoms with van der Waals surface area (Å²) in [5.41, 5.74) is 1.40. The molecule has 0 aliphatic heterocycles. The quantitative estimate of drug-likeness (QED) is 0.653. The summed E-state index contributed by atoms with van der Waals surface area (Å²) in [4.78, 5) is 14.7. The second-order valence-electron chi connectivity index (χ2n) is 8.18. The summed E-state index contributed by atoms with van der Waals surface area (Å²) in [5.74, 6) is 0.224. The lowest BCUT2D eigenvalue weighted by atomic mass is 9.91. The highest BCUT2D eigenvalue weighted by atomic mass is 32.2. The van der Waals surface area contributed by atoms with E-state index in [1.54, 1.807) is 31.3 Å². The molecule has 1 N–H and O–H groups in total. The van der Waals surface area contributed by atoms with E-state index >= 15 is 0 Å². The molecule has 2 aromatic rings. The average molecular weight is 461 g/mol. The number of carbonyl (C=O) groups excluding carboxylic acids is 1. The lowest BCUT2D eigenvalue weighted by Crippen LogP contribution is -2.50. The normalized spacial score (nSPS) is 18.8. The third-order valence-electron chi connectivity index (χ3n) is 5.91. The van der Waals surface area contributed by atoms with Crippen LogP contribution in [0.2, 0.25) is 0 Å². The predicted molar refractivity (Wildman–Crippen MR) is 124 cm³/mol. The van der Waals surface area contributed by atoms with Gasteiger partial charge in [0.25, 0.3) is 10.0 Å². The maximum Gasteiger partial charge on any atom is 0.264 e. The number of anilines is 1. The largest absolute Gasteiger partial charge is 0.494 e. The van der Waals surface area contributed by atoms with Crippen LogP contribution in [0.25, 0.3) is 0 Å². The van der Waals surface area contributed by atoms with Gasteiger partial charge in [-0.15, -0.1) is 0 Å². The molecule has 1 saturated carbocycles. The van der Waals surface area contributed by atoms with Gasteiger partial charge in [0, 0.05) is 7.05 Å². The van der Waals surface area contributed by atoms with Gasteiger partial charge in [-0.3, -0.25) is 9.10 Å². The molecule has 8 heteroatoms. The highest BCUT2D eigenvalue weighted by Crippen LogP contribution is 2.27. The number of nitrogens with zero attached hydrogens (tertiary/aromatic N) is 2. The maximum atomic E-state index is 13.6. The highest BCUT2D eigenvalue weighted by Gasteiger charge is 2.33. The molecule has 32 heavy (non-hydrogen) atoms. The van der Waals surface area contributed by atoms with Gasteiger partial charge in [0.15, 0.2) is 0 Å². The Kier molecular flexibility index (Phi) is 7.79. The SMILES string of the molecule is CCOc1ccc(S(=O)(=O)N(CC(=O)N(C)C2CCCCC2O)c2ccc(C)cc2)cc1. The van der Waals surface area contributed by atoms with Gasteiger partial charge in [0.2, 0.25) is 5.91 Å². The fourth-order valence-corrected chi connectivity index (χ4v) is 5.40. The van der Waals surface area contributed by atoms with E-state index in [9.17, 15) is 18.3 Å². The summed E-state index contributed by atoms with van der Waals surface area (Å²) >= 11 is 0. The number of carbonyl (C=O) groups is 1. The van der Waals surface area contributed by atoms with Crippen LogP contribution < -0.4 is 9.04 Å². The molecule has 2 atom stereocenters. The summed E-state index contributed by atoms with van der Waals surface area (Å²) < 4.78 is 33.6. The van der Waals surface area contributed by atoms with Gasteiger partial charge in [-0.1, -0.05) is 30.5 Å². The van der Waals surface area contributed by atoms with Crippen molar-refractivity contribution >= 4 is 21.6 Å². The van der Waals surface area contributed by atoms with Crippen LogP contribution in [0.1, 0.15) is 38.2 Å². The number of aliphatic hydroxyl groups excluding tert-OH is 1. The van der Waals surface area contributed by atoms with Crippen LogP contribution in [0.3, 0.4) is 0 Å². The van der Waals surface area contributed by atoms with E-state index in [0.29, 0.717) is 30.9 Å². The molecular weight excluding hydrogens is 428 g/mol. The van der Waals surface area contributed by atoms with Crippen molar-refractivity contribution < 1.29 is 23.1 Å². The van der Waals surface area contributed by atoms with Gasteiger partial charge < -0.3 is 14.7 Å². The Morgan fingerprint density at radius 1 is 1.06 bits per heavy atom. The Labute approximate surface area is 190 Å². The first-order chi connectivity index (χ1) is 15.2. The number of hydrogen-bond acceptors (Lipinski definition) is 5. The van der Waals surface area contributed by atoms with E-state index in [1.807, 2.05) is 26.0 Å². The first-order valence-corrected chi connectivity index (χ1v) is 12.4. The zero-order chi connectivity index (χ0) is 23.3. The minimum absolute atomic E-state index is 0.0784. The van der Waals surface area contributed by atoms with Gasteiger partial charge in [-0.05, 0) is 63.1 Å². The van der Waals surface area contributed by atoms with Crippen molar-refractivity contribution in [2.75, 3.05) is 24.5 Å². The lowest BCUT2D eigenvalue weighted by molar-refractivity contribution is -0.133. The molecule has 0 saturated heterocycles. The number of hydrogen-bond donors (Lipinski definition) is 1. The highest BCUT2D eigenvalue weighted by molar-refractivity contribution is 7.92. The third kappa shape index (κ3) is 5.42. The summed E-state index contributed by atoms with van der Waals surface area (Å²) in [6, 6.07) is 12.9. The van der Waals surface area contributed by atoms with Crippen LogP contribution in [-0.4, -0.2) is 56.7 Å². The van der Waals surface area contributed by atoms with Crippen LogP contribution in [0.5, 0.6) is 5.75 Å². The number of aliphatic hydroxyl groups is 1. The second kappa shape index (κ2) is 10.4. The van der Waals surface area contributed by atoms with Crippen LogP contribution in [0.15, 0.2) is 53.4 Å². The van der Waals surface area contributed by atoms with E-state index in [2.05, 4.69) is 0 Å². The molecule has 0 bridgehead atoms. The third-order valence-corrected chi connectivity index (χ3v) is 7.70. The van der Waals surface area contributed by atoms with Crippen molar-refractivity contribution in [1.29, 1.82) is 0 Å². The number of sulfonamides is 1. The Balaban J connectivity index is 1.91. The molecule has 174 valence electrons. The fourth-order valence-electron chi connectivity index (χ4n) is 3.99. The van der Waals surface area contributed by atoms with Gasteiger partial charge >= 0.3 is 0 Å². The molecule has 1 amide bonds. The van der Waals surface area contributed by atoms with Gasteiger partial charge in [-0.25, -0.2) is 8.42 Å². The second-order valence-corrected chi connectivity index (χ2v) is 10.0. The molecule has 1 fully saturated rings.